The van der Waals surface area contributed by atoms with Gasteiger partial charge in [0.05, 0.1) is 12.7 Å². The summed E-state index contributed by atoms with van der Waals surface area (Å²) in [5, 5.41) is 93.4. The minimum absolute atomic E-state index is 0.0181. The number of aliphatic hydroxyl groups excluding tert-OH is 2. The third-order valence-corrected chi connectivity index (χ3v) is 5.03. The van der Waals surface area contributed by atoms with Crippen molar-refractivity contribution in [2.75, 3.05) is 7.11 Å². The molecular formula is C30H30O17. The van der Waals surface area contributed by atoms with Crippen LogP contribution in [-0.4, -0.2) is 93.1 Å². The molecule has 17 heteroatoms. The molecule has 3 aromatic rings. The largest absolute Gasteiger partial charge is 0.508 e. The summed E-state index contributed by atoms with van der Waals surface area (Å²) in [6.07, 6.45) is 2.88. The van der Waals surface area contributed by atoms with Crippen molar-refractivity contribution >= 4 is 35.9 Å². The molecule has 0 heterocycles. The first-order valence-corrected chi connectivity index (χ1v) is 12.5. The highest BCUT2D eigenvalue weighted by atomic mass is 16.5. The number of benzene rings is 3. The summed E-state index contributed by atoms with van der Waals surface area (Å²) in [6.45, 7) is 0. The Morgan fingerprint density at radius 2 is 1.19 bits per heavy atom. The Kier molecular flexibility index (Phi) is 17.2. The monoisotopic (exact) mass is 662 g/mol. The number of rotatable bonds is 9. The minimum atomic E-state index is -1.89. The second-order valence-electron chi connectivity index (χ2n) is 8.48. The van der Waals surface area contributed by atoms with E-state index in [1.807, 2.05) is 0 Å². The molecule has 0 spiro atoms. The van der Waals surface area contributed by atoms with Gasteiger partial charge in [-0.2, -0.15) is 0 Å². The number of aliphatic carboxylic acids is 4. The maximum atomic E-state index is 10.4. The highest BCUT2D eigenvalue weighted by Gasteiger charge is 2.17. The molecule has 0 fully saturated rings. The average Bonchev–Trinajstić information content (AvgIpc) is 3.01. The first kappa shape index (κ1) is 40.1. The molecule has 3 aromatic carbocycles. The van der Waals surface area contributed by atoms with Crippen molar-refractivity contribution in [3.05, 3.63) is 94.9 Å². The van der Waals surface area contributed by atoms with Crippen LogP contribution in [0, 0.1) is 0 Å². The van der Waals surface area contributed by atoms with Gasteiger partial charge < -0.3 is 60.9 Å². The number of carboxylic acid groups (broad SMARTS) is 5. The van der Waals surface area contributed by atoms with Crippen molar-refractivity contribution < 1.29 is 84.9 Å². The van der Waals surface area contributed by atoms with E-state index >= 15 is 0 Å². The van der Waals surface area contributed by atoms with E-state index in [0.717, 1.165) is 11.6 Å². The number of ether oxygens (including phenoxy) is 1. The van der Waals surface area contributed by atoms with Crippen molar-refractivity contribution in [2.45, 2.75) is 12.8 Å². The fraction of sp³-hybridized carbons (Fsp3) is 0.100. The summed E-state index contributed by atoms with van der Waals surface area (Å²) in [6, 6.07) is 14.4. The van der Waals surface area contributed by atoms with Gasteiger partial charge in [0.1, 0.15) is 5.75 Å². The molecule has 252 valence electrons. The van der Waals surface area contributed by atoms with Gasteiger partial charge in [-0.15, -0.1) is 0 Å². The van der Waals surface area contributed by atoms with Crippen molar-refractivity contribution in [3.8, 4) is 28.7 Å². The summed E-state index contributed by atoms with van der Waals surface area (Å²) < 4.78 is 4.72. The number of aromatic hydroxyl groups is 4. The van der Waals surface area contributed by atoms with E-state index in [2.05, 4.69) is 0 Å². The lowest BCUT2D eigenvalue weighted by Gasteiger charge is -2.02. The second kappa shape index (κ2) is 20.1. The minimum Gasteiger partial charge on any atom is -0.508 e. The van der Waals surface area contributed by atoms with Crippen molar-refractivity contribution in [2.24, 2.45) is 0 Å². The topological polar surface area (TPSA) is 317 Å². The van der Waals surface area contributed by atoms with E-state index in [9.17, 15) is 24.0 Å². The fourth-order valence-electron chi connectivity index (χ4n) is 2.74. The van der Waals surface area contributed by atoms with Gasteiger partial charge in [0.15, 0.2) is 23.0 Å². The Bertz CT molecular complexity index is 1580. The maximum Gasteiger partial charge on any atom is 0.375 e. The van der Waals surface area contributed by atoms with Gasteiger partial charge in [-0.3, -0.25) is 4.79 Å². The number of phenols is 4. The zero-order chi connectivity index (χ0) is 36.3. The van der Waals surface area contributed by atoms with E-state index < -0.39 is 41.4 Å². The van der Waals surface area contributed by atoms with Gasteiger partial charge >= 0.3 is 29.8 Å². The van der Waals surface area contributed by atoms with Crippen LogP contribution in [0.1, 0.15) is 27.9 Å². The number of hydrogen-bond acceptors (Lipinski definition) is 12. The summed E-state index contributed by atoms with van der Waals surface area (Å²) in [7, 11) is 1.36. The molecule has 0 bridgehead atoms. The van der Waals surface area contributed by atoms with Gasteiger partial charge in [0, 0.05) is 12.5 Å². The van der Waals surface area contributed by atoms with Gasteiger partial charge in [0.25, 0.3) is 11.5 Å². The first-order valence-electron chi connectivity index (χ1n) is 12.5. The molecule has 3 rings (SSSR count). The fourth-order valence-corrected chi connectivity index (χ4v) is 2.74. The Balaban J connectivity index is 0.000000603. The van der Waals surface area contributed by atoms with E-state index in [-0.39, 0.29) is 40.7 Å². The van der Waals surface area contributed by atoms with Crippen molar-refractivity contribution in [3.63, 3.8) is 0 Å². The van der Waals surface area contributed by atoms with Gasteiger partial charge in [0.2, 0.25) is 0 Å². The standard InChI is InChI=1S/C9H10O4.C9H8O3.C8H8O4.C4H4O6/c10-7-3-1-6(5-8(7)11)2-4-9(12)13;10-8-4-1-7(2-5-8)3-6-9(11)12;1-12-7-4-5(8(10)11)2-3-6(7)9;5-1(3(7)8)2(6)4(9)10/h1,3,5,10-11H,2,4H2,(H,12,13);1-6,10H,(H,11,12);2-4,9H,1H3,(H,10,11);5-6H,(H,7,8)(H,9,10)/b;6-3+;;2-1-. The molecule has 0 atom stereocenters. The molecule has 0 saturated carbocycles. The molecule has 11 N–H and O–H groups in total. The van der Waals surface area contributed by atoms with Gasteiger partial charge in [-0.1, -0.05) is 18.2 Å². The van der Waals surface area contributed by atoms with Gasteiger partial charge in [-0.25, -0.2) is 19.2 Å². The van der Waals surface area contributed by atoms with Crippen LogP contribution in [-0.2, 0) is 25.6 Å². The highest BCUT2D eigenvalue weighted by Crippen LogP contribution is 2.26. The van der Waals surface area contributed by atoms with Gasteiger partial charge in [-0.05, 0) is 66.1 Å². The second-order valence-corrected chi connectivity index (χ2v) is 8.48. The zero-order valence-electron chi connectivity index (χ0n) is 24.2. The van der Waals surface area contributed by atoms with Crippen LogP contribution in [0.25, 0.3) is 6.08 Å². The molecule has 0 saturated heterocycles. The SMILES string of the molecule is COc1cc(C(=O)O)ccc1O.O=C(O)/C(O)=C(/O)C(=O)O.O=C(O)/C=C/c1ccc(O)cc1.O=C(O)CCc1ccc(O)c(O)c1. The number of phenolic OH excluding ortho intramolecular Hbond substituents is 4. The Hall–Kier alpha value is -6.91. The molecule has 0 unspecified atom stereocenters. The maximum absolute atomic E-state index is 10.4. The molecule has 0 aliphatic carbocycles. The predicted octanol–water partition coefficient (Wildman–Crippen LogP) is 3.19. The van der Waals surface area contributed by atoms with Crippen LogP contribution >= 0.6 is 0 Å². The lowest BCUT2D eigenvalue weighted by Crippen LogP contribution is -2.10. The molecule has 0 radical (unpaired) electrons. The summed E-state index contributed by atoms with van der Waals surface area (Å²) in [4.78, 5) is 50.2. The smallest absolute Gasteiger partial charge is 0.375 e. The van der Waals surface area contributed by atoms with E-state index in [0.29, 0.717) is 12.0 Å². The van der Waals surface area contributed by atoms with Crippen LogP contribution in [0.3, 0.4) is 0 Å². The number of carbonyl (C=O) groups is 5. The third-order valence-electron chi connectivity index (χ3n) is 5.03. The molecule has 17 nitrogen and oxygen atoms in total. The third kappa shape index (κ3) is 16.5. The Labute approximate surface area is 264 Å². The summed E-state index contributed by atoms with van der Waals surface area (Å²) in [5.41, 5.74) is 1.53. The normalized spacial score (nSPS) is 10.3. The number of aryl methyl sites for hydroxylation is 1. The van der Waals surface area contributed by atoms with Crippen molar-refractivity contribution in [1.29, 1.82) is 0 Å². The van der Waals surface area contributed by atoms with E-state index in [1.165, 1.54) is 55.7 Å². The van der Waals surface area contributed by atoms with Crippen LogP contribution < -0.4 is 4.74 Å². The lowest BCUT2D eigenvalue weighted by molar-refractivity contribution is -0.140. The van der Waals surface area contributed by atoms with Crippen LogP contribution in [0.5, 0.6) is 28.7 Å². The number of aromatic carboxylic acids is 1. The predicted molar refractivity (Wildman–Crippen MR) is 160 cm³/mol. The highest BCUT2D eigenvalue weighted by molar-refractivity contribution is 5.95. The first-order chi connectivity index (χ1) is 21.9. The number of carboxylic acids is 5. The zero-order valence-corrected chi connectivity index (χ0v) is 24.2. The number of aliphatic hydroxyl groups is 2. The number of hydrogen-bond donors (Lipinski definition) is 11. The van der Waals surface area contributed by atoms with E-state index in [1.54, 1.807) is 18.2 Å². The van der Waals surface area contributed by atoms with Crippen molar-refractivity contribution in [1.82, 2.24) is 0 Å². The average molecular weight is 663 g/mol. The van der Waals surface area contributed by atoms with Crippen LogP contribution in [0.15, 0.2) is 78.3 Å². The Morgan fingerprint density at radius 1 is 0.660 bits per heavy atom. The molecule has 47 heavy (non-hydrogen) atoms. The molecule has 0 amide bonds. The quantitative estimate of drug-likeness (QED) is 0.0890. The Morgan fingerprint density at radius 3 is 1.62 bits per heavy atom. The summed E-state index contributed by atoms with van der Waals surface area (Å²) in [5.74, 6) is -9.99. The van der Waals surface area contributed by atoms with E-state index in [4.69, 9.17) is 60.9 Å². The summed E-state index contributed by atoms with van der Waals surface area (Å²) >= 11 is 0. The molecule has 0 aliphatic heterocycles. The molecule has 0 aliphatic rings. The lowest BCUT2D eigenvalue weighted by atomic mass is 10.1. The number of methoxy groups -OCH3 is 1. The van der Waals surface area contributed by atoms with Crippen LogP contribution in [0.4, 0.5) is 0 Å². The molecule has 0 aromatic heterocycles. The van der Waals surface area contributed by atoms with Crippen LogP contribution in [0.2, 0.25) is 0 Å². The molecular weight excluding hydrogens is 632 g/mol.